The highest BCUT2D eigenvalue weighted by Crippen LogP contribution is 2.40. The fourth-order valence-electron chi connectivity index (χ4n) is 3.64. The zero-order chi connectivity index (χ0) is 15.3. The van der Waals surface area contributed by atoms with Crippen LogP contribution in [0, 0.1) is 0 Å². The van der Waals surface area contributed by atoms with Crippen LogP contribution in [-0.4, -0.2) is 33.5 Å². The molecule has 2 rings (SSSR count). The Balaban J connectivity index is 2.26. The minimum Gasteiger partial charge on any atom is -0.319 e. The molecule has 21 heavy (non-hydrogen) atoms. The third-order valence-corrected chi connectivity index (χ3v) is 6.47. The van der Waals surface area contributed by atoms with Crippen molar-refractivity contribution in [3.8, 4) is 0 Å². The van der Waals surface area contributed by atoms with Gasteiger partial charge >= 0.3 is 0 Å². The van der Waals surface area contributed by atoms with Crippen LogP contribution in [0.3, 0.4) is 0 Å². The number of fused-ring (bicyclic) bond motifs is 1. The van der Waals surface area contributed by atoms with E-state index in [0.717, 1.165) is 32.2 Å². The molecule has 0 fully saturated rings. The fourth-order valence-corrected chi connectivity index (χ4v) is 5.17. The van der Waals surface area contributed by atoms with Crippen LogP contribution in [-0.2, 0) is 21.7 Å². The Morgan fingerprint density at radius 2 is 2.00 bits per heavy atom. The molecule has 1 aromatic rings. The number of sulfone groups is 1. The van der Waals surface area contributed by atoms with E-state index in [1.807, 2.05) is 14.0 Å². The van der Waals surface area contributed by atoms with Gasteiger partial charge in [0.15, 0.2) is 0 Å². The zero-order valence-electron chi connectivity index (χ0n) is 13.2. The van der Waals surface area contributed by atoms with Gasteiger partial charge in [-0.05, 0) is 50.3 Å². The largest absolute Gasteiger partial charge is 0.319 e. The van der Waals surface area contributed by atoms with E-state index >= 15 is 0 Å². The monoisotopic (exact) mass is 309 g/mol. The van der Waals surface area contributed by atoms with Gasteiger partial charge < -0.3 is 5.32 Å². The molecule has 0 radical (unpaired) electrons. The van der Waals surface area contributed by atoms with Crippen molar-refractivity contribution in [1.82, 2.24) is 5.32 Å². The van der Waals surface area contributed by atoms with Crippen LogP contribution in [0.2, 0.25) is 0 Å². The van der Waals surface area contributed by atoms with E-state index in [4.69, 9.17) is 0 Å². The number of aryl methyl sites for hydroxylation is 1. The summed E-state index contributed by atoms with van der Waals surface area (Å²) in [6.45, 7) is 2.78. The van der Waals surface area contributed by atoms with Crippen molar-refractivity contribution >= 4 is 9.84 Å². The number of hydrogen-bond acceptors (Lipinski definition) is 3. The first kappa shape index (κ1) is 16.5. The van der Waals surface area contributed by atoms with E-state index in [-0.39, 0.29) is 5.41 Å². The Morgan fingerprint density at radius 3 is 2.71 bits per heavy atom. The molecule has 0 aliphatic heterocycles. The highest BCUT2D eigenvalue weighted by Gasteiger charge is 2.36. The second-order valence-corrected chi connectivity index (χ2v) is 8.53. The second kappa shape index (κ2) is 6.93. The molecule has 0 spiro atoms. The zero-order valence-corrected chi connectivity index (χ0v) is 14.0. The summed E-state index contributed by atoms with van der Waals surface area (Å²) >= 11 is 0. The first-order valence-corrected chi connectivity index (χ1v) is 9.78. The van der Waals surface area contributed by atoms with Crippen LogP contribution in [0.4, 0.5) is 0 Å². The van der Waals surface area contributed by atoms with Crippen molar-refractivity contribution in [2.75, 3.05) is 25.1 Å². The van der Waals surface area contributed by atoms with Crippen LogP contribution in [0.25, 0.3) is 0 Å². The molecule has 3 nitrogen and oxygen atoms in total. The molecule has 1 unspecified atom stereocenters. The van der Waals surface area contributed by atoms with Crippen molar-refractivity contribution in [2.24, 2.45) is 0 Å². The molecule has 0 heterocycles. The molecule has 1 aliphatic rings. The van der Waals surface area contributed by atoms with Gasteiger partial charge in [0.25, 0.3) is 0 Å². The Morgan fingerprint density at radius 1 is 1.24 bits per heavy atom. The summed E-state index contributed by atoms with van der Waals surface area (Å²) in [6, 6.07) is 8.55. The predicted molar refractivity (Wildman–Crippen MR) is 88.5 cm³/mol. The first-order valence-electron chi connectivity index (χ1n) is 7.96. The SMILES string of the molecule is CCCS(=O)(=O)CCC1(CNC)CCCc2ccccc21. The number of hydrogen-bond donors (Lipinski definition) is 1. The molecule has 1 aliphatic carbocycles. The van der Waals surface area contributed by atoms with Crippen LogP contribution in [0.15, 0.2) is 24.3 Å². The van der Waals surface area contributed by atoms with Crippen molar-refractivity contribution in [1.29, 1.82) is 0 Å². The van der Waals surface area contributed by atoms with Crippen molar-refractivity contribution in [2.45, 2.75) is 44.4 Å². The first-order chi connectivity index (χ1) is 10.0. The average Bonchev–Trinajstić information content (AvgIpc) is 2.46. The van der Waals surface area contributed by atoms with Gasteiger partial charge in [0.1, 0.15) is 9.84 Å². The molecule has 0 saturated heterocycles. The van der Waals surface area contributed by atoms with E-state index in [1.165, 1.54) is 11.1 Å². The second-order valence-electron chi connectivity index (χ2n) is 6.22. The van der Waals surface area contributed by atoms with Crippen LogP contribution in [0.1, 0.15) is 43.7 Å². The minimum atomic E-state index is -2.92. The Labute approximate surface area is 129 Å². The minimum absolute atomic E-state index is 0.0234. The smallest absolute Gasteiger partial charge is 0.150 e. The molecule has 4 heteroatoms. The van der Waals surface area contributed by atoms with Crippen LogP contribution >= 0.6 is 0 Å². The molecule has 0 bridgehead atoms. The Hall–Kier alpha value is -0.870. The van der Waals surface area contributed by atoms with Gasteiger partial charge in [-0.1, -0.05) is 31.2 Å². The number of nitrogens with one attached hydrogen (secondary N) is 1. The molecular weight excluding hydrogens is 282 g/mol. The lowest BCUT2D eigenvalue weighted by Gasteiger charge is -2.39. The summed E-state index contributed by atoms with van der Waals surface area (Å²) in [5.41, 5.74) is 2.73. The summed E-state index contributed by atoms with van der Waals surface area (Å²) in [5, 5.41) is 3.29. The summed E-state index contributed by atoms with van der Waals surface area (Å²) in [5.74, 6) is 0.612. The molecule has 118 valence electrons. The summed E-state index contributed by atoms with van der Waals surface area (Å²) in [6.07, 6.45) is 4.77. The molecular formula is C17H27NO2S. The molecule has 0 aromatic heterocycles. The number of rotatable bonds is 7. The molecule has 1 aromatic carbocycles. The lowest BCUT2D eigenvalue weighted by molar-refractivity contribution is 0.337. The van der Waals surface area contributed by atoms with Gasteiger partial charge in [0, 0.05) is 17.7 Å². The van der Waals surface area contributed by atoms with Crippen molar-refractivity contribution in [3.05, 3.63) is 35.4 Å². The third kappa shape index (κ3) is 3.86. The van der Waals surface area contributed by atoms with Gasteiger partial charge in [-0.3, -0.25) is 0 Å². The number of likely N-dealkylation sites (N-methyl/N-ethyl adjacent to an activating group) is 1. The molecule has 1 atom stereocenters. The topological polar surface area (TPSA) is 46.2 Å². The maximum absolute atomic E-state index is 12.1. The van der Waals surface area contributed by atoms with Crippen LogP contribution in [0.5, 0.6) is 0 Å². The standard InChI is InChI=1S/C17H27NO2S/c1-3-12-21(19,20)13-11-17(14-18-2)10-6-8-15-7-4-5-9-16(15)17/h4-5,7,9,18H,3,6,8,10-14H2,1-2H3. The summed E-state index contributed by atoms with van der Waals surface area (Å²) in [7, 11) is -0.960. The maximum atomic E-state index is 12.1. The normalized spacial score (nSPS) is 22.0. The highest BCUT2D eigenvalue weighted by atomic mass is 32.2. The van der Waals surface area contributed by atoms with Crippen molar-refractivity contribution < 1.29 is 8.42 Å². The highest BCUT2D eigenvalue weighted by molar-refractivity contribution is 7.91. The summed E-state index contributed by atoms with van der Waals surface area (Å²) < 4.78 is 24.2. The van der Waals surface area contributed by atoms with Crippen molar-refractivity contribution in [3.63, 3.8) is 0 Å². The Kier molecular flexibility index (Phi) is 5.44. The van der Waals surface area contributed by atoms with E-state index in [9.17, 15) is 8.42 Å². The van der Waals surface area contributed by atoms with Gasteiger partial charge in [0.05, 0.1) is 5.75 Å². The fraction of sp³-hybridized carbons (Fsp3) is 0.647. The quantitative estimate of drug-likeness (QED) is 0.842. The third-order valence-electron chi connectivity index (χ3n) is 4.61. The van der Waals surface area contributed by atoms with E-state index < -0.39 is 9.84 Å². The van der Waals surface area contributed by atoms with Gasteiger partial charge in [-0.2, -0.15) is 0 Å². The average molecular weight is 309 g/mol. The molecule has 0 amide bonds. The Bertz CT molecular complexity index is 568. The number of benzene rings is 1. The lowest BCUT2D eigenvalue weighted by Crippen LogP contribution is -2.41. The molecule has 1 N–H and O–H groups in total. The van der Waals surface area contributed by atoms with Gasteiger partial charge in [0.2, 0.25) is 0 Å². The van der Waals surface area contributed by atoms with Crippen LogP contribution < -0.4 is 5.32 Å². The van der Waals surface area contributed by atoms with E-state index in [1.54, 1.807) is 0 Å². The lowest BCUT2D eigenvalue weighted by atomic mass is 9.68. The predicted octanol–water partition coefficient (Wildman–Crippen LogP) is 2.70. The maximum Gasteiger partial charge on any atom is 0.150 e. The van der Waals surface area contributed by atoms with Gasteiger partial charge in [-0.15, -0.1) is 0 Å². The van der Waals surface area contributed by atoms with E-state index in [0.29, 0.717) is 17.9 Å². The van der Waals surface area contributed by atoms with Gasteiger partial charge in [-0.25, -0.2) is 8.42 Å². The molecule has 0 saturated carbocycles. The van der Waals surface area contributed by atoms with E-state index in [2.05, 4.69) is 29.6 Å². The summed E-state index contributed by atoms with van der Waals surface area (Å²) in [4.78, 5) is 0.